The topological polar surface area (TPSA) is 41.9 Å². The maximum absolute atomic E-state index is 12.6. The summed E-state index contributed by atoms with van der Waals surface area (Å²) in [6.07, 6.45) is 0. The third-order valence-corrected chi connectivity index (χ3v) is 5.49. The predicted molar refractivity (Wildman–Crippen MR) is 99.2 cm³/mol. The van der Waals surface area contributed by atoms with Gasteiger partial charge >= 0.3 is 5.97 Å². The monoisotopic (exact) mass is 382 g/mol. The highest BCUT2D eigenvalue weighted by atomic mass is 35.5. The second-order valence-electron chi connectivity index (χ2n) is 5.40. The Kier molecular flexibility index (Phi) is 4.95. The summed E-state index contributed by atoms with van der Waals surface area (Å²) in [6.45, 7) is 5.84. The van der Waals surface area contributed by atoms with E-state index in [0.717, 1.165) is 10.9 Å². The van der Waals surface area contributed by atoms with Gasteiger partial charge in [0.1, 0.15) is 0 Å². The first-order valence-corrected chi connectivity index (χ1v) is 9.12. The van der Waals surface area contributed by atoms with E-state index in [4.69, 9.17) is 27.9 Å². The number of fused-ring (bicyclic) bond motifs is 1. The number of hydrogen-bond acceptors (Lipinski definition) is 5. The van der Waals surface area contributed by atoms with Crippen LogP contribution in [0, 0.1) is 0 Å². The van der Waals surface area contributed by atoms with Gasteiger partial charge in [0.15, 0.2) is 5.17 Å². The number of halogens is 2. The van der Waals surface area contributed by atoms with E-state index >= 15 is 0 Å². The van der Waals surface area contributed by atoms with E-state index in [1.165, 1.54) is 11.8 Å². The van der Waals surface area contributed by atoms with E-state index in [0.29, 0.717) is 33.5 Å². The van der Waals surface area contributed by atoms with Crippen LogP contribution < -0.4 is 0 Å². The van der Waals surface area contributed by atoms with E-state index in [9.17, 15) is 4.79 Å². The smallest absolute Gasteiger partial charge is 0.338 e. The zero-order chi connectivity index (χ0) is 17.4. The number of benzene rings is 1. The number of amidine groups is 1. The molecule has 7 heteroatoms. The maximum atomic E-state index is 12.6. The molecule has 0 spiro atoms. The number of nitrogens with zero attached hydrogens (tertiary/aromatic N) is 2. The first-order valence-electron chi connectivity index (χ1n) is 7.48. The van der Waals surface area contributed by atoms with E-state index in [-0.39, 0.29) is 0 Å². The van der Waals surface area contributed by atoms with Crippen LogP contribution in [0.2, 0.25) is 10.0 Å². The van der Waals surface area contributed by atoms with Crippen LogP contribution in [0.3, 0.4) is 0 Å². The number of allylic oxidation sites excluding steroid dienone is 2. The molecule has 1 aromatic carbocycles. The summed E-state index contributed by atoms with van der Waals surface area (Å²) in [6, 6.07) is 4.88. The zero-order valence-electron chi connectivity index (χ0n) is 13.5. The number of rotatable bonds is 3. The molecule has 1 aromatic rings. The van der Waals surface area contributed by atoms with Crippen LogP contribution in [0.4, 0.5) is 0 Å². The molecule has 0 N–H and O–H groups in total. The Morgan fingerprint density at radius 1 is 1.33 bits per heavy atom. The van der Waals surface area contributed by atoms with Crippen molar-refractivity contribution in [3.05, 3.63) is 56.2 Å². The summed E-state index contributed by atoms with van der Waals surface area (Å²) >= 11 is 14.4. The Morgan fingerprint density at radius 2 is 2.00 bits per heavy atom. The molecule has 0 radical (unpaired) electrons. The molecule has 0 amide bonds. The molecular weight excluding hydrogens is 367 g/mol. The third-order valence-electron chi connectivity index (χ3n) is 3.87. The van der Waals surface area contributed by atoms with Crippen LogP contribution in [0.1, 0.15) is 32.4 Å². The lowest BCUT2D eigenvalue weighted by Crippen LogP contribution is -2.36. The maximum Gasteiger partial charge on any atom is 0.338 e. The van der Waals surface area contributed by atoms with Crippen LogP contribution in [0.15, 0.2) is 45.6 Å². The standard InChI is InChI=1S/C17H16Cl2N2O2S/c1-4-23-16(22)13-10(3)20-17-21(9(2)8-24-17)15(13)14-11(18)6-5-7-12(14)19/h5-8,15H,4H2,1-3H3. The van der Waals surface area contributed by atoms with Crippen molar-refractivity contribution in [2.75, 3.05) is 6.61 Å². The highest BCUT2D eigenvalue weighted by Gasteiger charge is 2.41. The first-order chi connectivity index (χ1) is 11.5. The number of carbonyl (C=O) groups excluding carboxylic acids is 1. The molecule has 3 rings (SSSR count). The van der Waals surface area contributed by atoms with Gasteiger partial charge in [0.2, 0.25) is 0 Å². The minimum Gasteiger partial charge on any atom is -0.463 e. The number of carbonyl (C=O) groups is 1. The summed E-state index contributed by atoms with van der Waals surface area (Å²) in [4.78, 5) is 19.2. The Hall–Kier alpha value is -1.43. The number of aliphatic imine (C=N–C) groups is 1. The van der Waals surface area contributed by atoms with Crippen LogP contribution in [-0.4, -0.2) is 22.6 Å². The van der Waals surface area contributed by atoms with Crippen molar-refractivity contribution < 1.29 is 9.53 Å². The van der Waals surface area contributed by atoms with Crippen LogP contribution in [0.25, 0.3) is 0 Å². The van der Waals surface area contributed by atoms with Gasteiger partial charge in [-0.25, -0.2) is 9.79 Å². The Labute approximate surface area is 155 Å². The molecule has 24 heavy (non-hydrogen) atoms. The number of esters is 1. The number of ether oxygens (including phenoxy) is 1. The molecule has 1 unspecified atom stereocenters. The molecule has 0 aliphatic carbocycles. The molecule has 1 atom stereocenters. The summed E-state index contributed by atoms with van der Waals surface area (Å²) in [5, 5.41) is 3.82. The fourth-order valence-corrected chi connectivity index (χ4v) is 4.39. The SMILES string of the molecule is CCOC(=O)C1=C(C)N=C2SC=C(C)N2C1c1c(Cl)cccc1Cl. The van der Waals surface area contributed by atoms with Gasteiger partial charge in [0.25, 0.3) is 0 Å². The van der Waals surface area contributed by atoms with Gasteiger partial charge in [-0.05, 0) is 38.3 Å². The Morgan fingerprint density at radius 3 is 2.62 bits per heavy atom. The van der Waals surface area contributed by atoms with Gasteiger partial charge in [-0.3, -0.25) is 0 Å². The summed E-state index contributed by atoms with van der Waals surface area (Å²) in [5.41, 5.74) is 2.75. The molecule has 2 heterocycles. The Bertz CT molecular complexity index is 782. The lowest BCUT2D eigenvalue weighted by atomic mass is 9.94. The molecule has 4 nitrogen and oxygen atoms in total. The molecule has 0 saturated carbocycles. The highest BCUT2D eigenvalue weighted by molar-refractivity contribution is 8.16. The second-order valence-corrected chi connectivity index (χ2v) is 7.05. The molecule has 0 bridgehead atoms. The van der Waals surface area contributed by atoms with Crippen molar-refractivity contribution in [3.8, 4) is 0 Å². The van der Waals surface area contributed by atoms with Crippen molar-refractivity contribution in [1.29, 1.82) is 0 Å². The highest BCUT2D eigenvalue weighted by Crippen LogP contribution is 2.47. The van der Waals surface area contributed by atoms with Crippen molar-refractivity contribution >= 4 is 46.1 Å². The number of thioether (sulfide) groups is 1. The van der Waals surface area contributed by atoms with Crippen molar-refractivity contribution in [1.82, 2.24) is 4.90 Å². The minimum absolute atomic E-state index is 0.290. The van der Waals surface area contributed by atoms with Crippen molar-refractivity contribution in [3.63, 3.8) is 0 Å². The van der Waals surface area contributed by atoms with E-state index < -0.39 is 12.0 Å². The van der Waals surface area contributed by atoms with Crippen LogP contribution >= 0.6 is 35.0 Å². The molecule has 2 aliphatic rings. The summed E-state index contributed by atoms with van der Waals surface area (Å²) in [5.74, 6) is -0.400. The van der Waals surface area contributed by atoms with E-state index in [2.05, 4.69) is 4.99 Å². The van der Waals surface area contributed by atoms with Gasteiger partial charge < -0.3 is 9.64 Å². The van der Waals surface area contributed by atoms with Gasteiger partial charge in [-0.2, -0.15) is 0 Å². The van der Waals surface area contributed by atoms with Crippen LogP contribution in [-0.2, 0) is 9.53 Å². The summed E-state index contributed by atoms with van der Waals surface area (Å²) in [7, 11) is 0. The van der Waals surface area contributed by atoms with Crippen LogP contribution in [0.5, 0.6) is 0 Å². The molecule has 126 valence electrons. The second kappa shape index (κ2) is 6.82. The van der Waals surface area contributed by atoms with E-state index in [1.807, 2.05) is 24.2 Å². The molecule has 0 fully saturated rings. The van der Waals surface area contributed by atoms with Gasteiger partial charge in [0.05, 0.1) is 23.9 Å². The average molecular weight is 383 g/mol. The normalized spacial score (nSPS) is 19.9. The molecule has 2 aliphatic heterocycles. The average Bonchev–Trinajstić information content (AvgIpc) is 2.87. The predicted octanol–water partition coefficient (Wildman–Crippen LogP) is 5.15. The van der Waals surface area contributed by atoms with Gasteiger partial charge in [0, 0.05) is 21.3 Å². The third kappa shape index (κ3) is 2.85. The lowest BCUT2D eigenvalue weighted by Gasteiger charge is -2.36. The zero-order valence-corrected chi connectivity index (χ0v) is 15.8. The molecule has 0 saturated heterocycles. The minimum atomic E-state index is -0.455. The quantitative estimate of drug-likeness (QED) is 0.677. The van der Waals surface area contributed by atoms with Gasteiger partial charge in [-0.1, -0.05) is 41.0 Å². The Balaban J connectivity index is 2.23. The summed E-state index contributed by atoms with van der Waals surface area (Å²) < 4.78 is 5.26. The largest absolute Gasteiger partial charge is 0.463 e. The lowest BCUT2D eigenvalue weighted by molar-refractivity contribution is -0.139. The molecular formula is C17H16Cl2N2O2S. The van der Waals surface area contributed by atoms with E-state index in [1.54, 1.807) is 25.1 Å². The van der Waals surface area contributed by atoms with Crippen molar-refractivity contribution in [2.24, 2.45) is 4.99 Å². The molecule has 0 aromatic heterocycles. The number of hydrogen-bond donors (Lipinski definition) is 0. The van der Waals surface area contributed by atoms with Crippen molar-refractivity contribution in [2.45, 2.75) is 26.8 Å². The first kappa shape index (κ1) is 17.4. The van der Waals surface area contributed by atoms with Gasteiger partial charge in [-0.15, -0.1) is 0 Å². The fraction of sp³-hybridized carbons (Fsp3) is 0.294. The fourth-order valence-electron chi connectivity index (χ4n) is 2.84.